The SMILES string of the molecule is CCOc1cc([C@@H](CCS(C)(=O)=O)n2cc3cccc(NC(=O)C4CC4)c3c2O)ccc1OC. The normalized spacial score (nSPS) is 14.7. The standard InChI is InChI=1S/C25H30N2O6S/c1-4-33-22-14-17(10-11-21(22)32-2)20(12-13-34(3,30)31)27-15-18-6-5-7-19(23(18)25(27)29)26-24(28)16-8-9-16/h5-7,10-11,14-16,20,29H,4,8-9,12-13H2,1-3H3,(H,26,28)/t20-/m1/s1. The lowest BCUT2D eigenvalue weighted by Crippen LogP contribution is -2.15. The van der Waals surface area contributed by atoms with Crippen molar-refractivity contribution in [2.75, 3.05) is 31.0 Å². The molecule has 9 heteroatoms. The number of amides is 1. The molecule has 0 saturated heterocycles. The second-order valence-corrected chi connectivity index (χ2v) is 10.9. The molecular formula is C25H30N2O6S. The van der Waals surface area contributed by atoms with Gasteiger partial charge in [-0.3, -0.25) is 4.79 Å². The van der Waals surface area contributed by atoms with Gasteiger partial charge in [0.05, 0.1) is 36.6 Å². The lowest BCUT2D eigenvalue weighted by Gasteiger charge is -2.22. The summed E-state index contributed by atoms with van der Waals surface area (Å²) in [4.78, 5) is 12.4. The zero-order valence-corrected chi connectivity index (χ0v) is 20.4. The van der Waals surface area contributed by atoms with E-state index in [1.807, 2.05) is 31.2 Å². The molecule has 34 heavy (non-hydrogen) atoms. The molecule has 0 aliphatic heterocycles. The van der Waals surface area contributed by atoms with Crippen LogP contribution in [-0.2, 0) is 14.6 Å². The van der Waals surface area contributed by atoms with Crippen molar-refractivity contribution in [1.82, 2.24) is 4.57 Å². The molecule has 1 fully saturated rings. The van der Waals surface area contributed by atoms with E-state index in [4.69, 9.17) is 9.47 Å². The Balaban J connectivity index is 1.80. The molecule has 1 saturated carbocycles. The van der Waals surface area contributed by atoms with Gasteiger partial charge in [0.1, 0.15) is 9.84 Å². The van der Waals surface area contributed by atoms with Gasteiger partial charge in [-0.05, 0) is 49.9 Å². The summed E-state index contributed by atoms with van der Waals surface area (Å²) in [6.07, 6.45) is 4.98. The van der Waals surface area contributed by atoms with Crippen molar-refractivity contribution in [3.05, 3.63) is 48.2 Å². The van der Waals surface area contributed by atoms with Crippen molar-refractivity contribution in [1.29, 1.82) is 0 Å². The van der Waals surface area contributed by atoms with Crippen LogP contribution in [0.15, 0.2) is 42.6 Å². The van der Waals surface area contributed by atoms with Gasteiger partial charge >= 0.3 is 0 Å². The Hall–Kier alpha value is -3.20. The summed E-state index contributed by atoms with van der Waals surface area (Å²) in [5, 5.41) is 15.5. The molecule has 1 atom stereocenters. The number of aromatic nitrogens is 1. The highest BCUT2D eigenvalue weighted by Gasteiger charge is 2.30. The van der Waals surface area contributed by atoms with Crippen LogP contribution in [0.4, 0.5) is 5.69 Å². The first-order chi connectivity index (χ1) is 16.2. The third kappa shape index (κ3) is 5.14. The molecule has 0 radical (unpaired) electrons. The maximum atomic E-state index is 12.4. The monoisotopic (exact) mass is 486 g/mol. The van der Waals surface area contributed by atoms with E-state index in [1.165, 1.54) is 6.26 Å². The maximum Gasteiger partial charge on any atom is 0.227 e. The number of carbonyl (C=O) groups excluding carboxylic acids is 1. The minimum atomic E-state index is -3.25. The number of nitrogens with zero attached hydrogens (tertiary/aromatic N) is 1. The zero-order chi connectivity index (χ0) is 24.5. The molecule has 1 aliphatic rings. The zero-order valence-electron chi connectivity index (χ0n) is 19.6. The van der Waals surface area contributed by atoms with E-state index in [0.29, 0.717) is 29.2 Å². The van der Waals surface area contributed by atoms with Gasteiger partial charge in [0.2, 0.25) is 11.8 Å². The number of hydrogen-bond donors (Lipinski definition) is 2. The molecule has 1 amide bonds. The van der Waals surface area contributed by atoms with E-state index >= 15 is 0 Å². The van der Waals surface area contributed by atoms with Gasteiger partial charge in [0.25, 0.3) is 0 Å². The van der Waals surface area contributed by atoms with E-state index in [0.717, 1.165) is 23.8 Å². The number of benzene rings is 2. The minimum Gasteiger partial charge on any atom is -0.494 e. The fraction of sp³-hybridized carbons (Fsp3) is 0.400. The Bertz CT molecular complexity index is 1310. The number of nitrogens with one attached hydrogen (secondary N) is 1. The fourth-order valence-electron chi connectivity index (χ4n) is 4.15. The van der Waals surface area contributed by atoms with Crippen LogP contribution >= 0.6 is 0 Å². The van der Waals surface area contributed by atoms with Crippen LogP contribution in [0.3, 0.4) is 0 Å². The summed E-state index contributed by atoms with van der Waals surface area (Å²) < 4.78 is 36.8. The molecule has 8 nitrogen and oxygen atoms in total. The maximum absolute atomic E-state index is 12.4. The number of aromatic hydroxyl groups is 1. The molecule has 4 rings (SSSR count). The van der Waals surface area contributed by atoms with Gasteiger partial charge < -0.3 is 24.5 Å². The molecule has 1 aliphatic carbocycles. The second kappa shape index (κ2) is 9.58. The number of sulfone groups is 1. The Kier molecular flexibility index (Phi) is 6.74. The molecule has 2 aromatic carbocycles. The lowest BCUT2D eigenvalue weighted by atomic mass is 10.0. The summed E-state index contributed by atoms with van der Waals surface area (Å²) >= 11 is 0. The van der Waals surface area contributed by atoms with Crippen LogP contribution in [0, 0.1) is 5.92 Å². The van der Waals surface area contributed by atoms with Crippen LogP contribution < -0.4 is 14.8 Å². The van der Waals surface area contributed by atoms with Crippen LogP contribution in [0.5, 0.6) is 17.4 Å². The van der Waals surface area contributed by atoms with Crippen LogP contribution in [0.1, 0.15) is 37.8 Å². The molecule has 1 aromatic heterocycles. The average molecular weight is 487 g/mol. The Morgan fingerprint density at radius 2 is 2.00 bits per heavy atom. The molecule has 3 aromatic rings. The number of ether oxygens (including phenoxy) is 2. The van der Waals surface area contributed by atoms with E-state index < -0.39 is 15.9 Å². The van der Waals surface area contributed by atoms with E-state index in [-0.39, 0.29) is 29.9 Å². The number of rotatable bonds is 10. The van der Waals surface area contributed by atoms with Crippen LogP contribution in [0.25, 0.3) is 10.8 Å². The van der Waals surface area contributed by atoms with Gasteiger partial charge in [-0.15, -0.1) is 0 Å². The third-order valence-corrected chi connectivity index (χ3v) is 7.00. The largest absolute Gasteiger partial charge is 0.494 e. The van der Waals surface area contributed by atoms with Gasteiger partial charge in [0.15, 0.2) is 11.5 Å². The van der Waals surface area contributed by atoms with E-state index in [1.54, 1.807) is 30.0 Å². The van der Waals surface area contributed by atoms with Crippen LogP contribution in [0.2, 0.25) is 0 Å². The van der Waals surface area contributed by atoms with Crippen LogP contribution in [-0.4, -0.2) is 49.7 Å². The highest BCUT2D eigenvalue weighted by molar-refractivity contribution is 7.90. The predicted octanol–water partition coefficient (Wildman–Crippen LogP) is 4.13. The molecule has 1 heterocycles. The first-order valence-corrected chi connectivity index (χ1v) is 13.4. The van der Waals surface area contributed by atoms with Crippen molar-refractivity contribution < 1.29 is 27.8 Å². The third-order valence-electron chi connectivity index (χ3n) is 6.02. The summed E-state index contributed by atoms with van der Waals surface area (Å²) in [7, 11) is -1.69. The van der Waals surface area contributed by atoms with Crippen molar-refractivity contribution in [2.45, 2.75) is 32.2 Å². The van der Waals surface area contributed by atoms with E-state index in [9.17, 15) is 18.3 Å². The van der Waals surface area contributed by atoms with E-state index in [2.05, 4.69) is 5.32 Å². The smallest absolute Gasteiger partial charge is 0.227 e. The minimum absolute atomic E-state index is 0.0262. The Morgan fingerprint density at radius 3 is 2.65 bits per heavy atom. The van der Waals surface area contributed by atoms with Crippen molar-refractivity contribution in [2.24, 2.45) is 5.92 Å². The predicted molar refractivity (Wildman–Crippen MR) is 132 cm³/mol. The molecular weight excluding hydrogens is 456 g/mol. The lowest BCUT2D eigenvalue weighted by molar-refractivity contribution is -0.117. The summed E-state index contributed by atoms with van der Waals surface area (Å²) in [5.41, 5.74) is 1.31. The van der Waals surface area contributed by atoms with Gasteiger partial charge in [-0.25, -0.2) is 8.42 Å². The summed E-state index contributed by atoms with van der Waals surface area (Å²) in [5.74, 6) is 0.990. The first-order valence-electron chi connectivity index (χ1n) is 11.3. The topological polar surface area (TPSA) is 107 Å². The quantitative estimate of drug-likeness (QED) is 0.446. The number of hydrogen-bond acceptors (Lipinski definition) is 6. The molecule has 2 N–H and O–H groups in total. The van der Waals surface area contributed by atoms with Gasteiger partial charge in [-0.2, -0.15) is 0 Å². The molecule has 0 bridgehead atoms. The number of anilines is 1. The Morgan fingerprint density at radius 1 is 1.24 bits per heavy atom. The number of fused-ring (bicyclic) bond motifs is 1. The molecule has 0 spiro atoms. The summed E-state index contributed by atoms with van der Waals surface area (Å²) in [6.45, 7) is 2.31. The van der Waals surface area contributed by atoms with Crippen molar-refractivity contribution in [3.63, 3.8) is 0 Å². The average Bonchev–Trinajstić information content (AvgIpc) is 3.58. The Labute approximate surface area is 199 Å². The van der Waals surface area contributed by atoms with Gasteiger partial charge in [0, 0.05) is 23.8 Å². The second-order valence-electron chi connectivity index (χ2n) is 8.67. The van der Waals surface area contributed by atoms with Crippen molar-refractivity contribution >= 4 is 32.2 Å². The first kappa shape index (κ1) is 23.9. The number of carbonyl (C=O) groups is 1. The molecule has 182 valence electrons. The summed E-state index contributed by atoms with van der Waals surface area (Å²) in [6, 6.07) is 10.4. The fourth-order valence-corrected chi connectivity index (χ4v) is 4.80. The molecule has 0 unspecified atom stereocenters. The van der Waals surface area contributed by atoms with Crippen molar-refractivity contribution in [3.8, 4) is 17.4 Å². The van der Waals surface area contributed by atoms with Gasteiger partial charge in [-0.1, -0.05) is 18.2 Å². The highest BCUT2D eigenvalue weighted by Crippen LogP contribution is 2.41. The number of methoxy groups -OCH3 is 1. The highest BCUT2D eigenvalue weighted by atomic mass is 32.2.